The van der Waals surface area contributed by atoms with Crippen molar-refractivity contribution in [3.05, 3.63) is 29.8 Å². The molecule has 29 heavy (non-hydrogen) atoms. The zero-order chi connectivity index (χ0) is 21.6. The minimum atomic E-state index is -1.03. The molecular formula is C20H26O9. The van der Waals surface area contributed by atoms with E-state index in [1.807, 2.05) is 0 Å². The molecule has 1 aliphatic rings. The summed E-state index contributed by atoms with van der Waals surface area (Å²) in [7, 11) is 0. The summed E-state index contributed by atoms with van der Waals surface area (Å²) in [5, 5.41) is 9.16. The summed E-state index contributed by atoms with van der Waals surface area (Å²) in [6.07, 6.45) is -3.52. The van der Waals surface area contributed by atoms with Gasteiger partial charge < -0.3 is 28.8 Å². The van der Waals surface area contributed by atoms with E-state index in [1.54, 1.807) is 31.2 Å². The van der Waals surface area contributed by atoms with Crippen LogP contribution in [0.15, 0.2) is 24.3 Å². The molecule has 1 heterocycles. The lowest BCUT2D eigenvalue weighted by molar-refractivity contribution is -0.271. The molecule has 9 nitrogen and oxygen atoms in total. The lowest BCUT2D eigenvalue weighted by Gasteiger charge is -2.43. The van der Waals surface area contributed by atoms with Gasteiger partial charge in [0.05, 0.1) is 6.61 Å². The average molecular weight is 410 g/mol. The van der Waals surface area contributed by atoms with Crippen LogP contribution in [0.25, 0.3) is 0 Å². The van der Waals surface area contributed by atoms with Crippen LogP contribution in [0.1, 0.15) is 33.3 Å². The third-order valence-corrected chi connectivity index (χ3v) is 4.39. The van der Waals surface area contributed by atoms with Crippen molar-refractivity contribution in [3.63, 3.8) is 0 Å². The second-order valence-corrected chi connectivity index (χ2v) is 6.77. The largest absolute Gasteiger partial charge is 0.463 e. The summed E-state index contributed by atoms with van der Waals surface area (Å²) in [5.74, 6) is -1.68. The number of ether oxygens (including phenoxy) is 5. The first kappa shape index (κ1) is 22.6. The van der Waals surface area contributed by atoms with Crippen LogP contribution in [0.4, 0.5) is 0 Å². The quantitative estimate of drug-likeness (QED) is 0.525. The molecule has 0 radical (unpaired) electrons. The molecule has 1 aromatic carbocycles. The van der Waals surface area contributed by atoms with Crippen LogP contribution in [0.5, 0.6) is 5.75 Å². The van der Waals surface area contributed by atoms with Crippen molar-refractivity contribution in [3.8, 4) is 5.75 Å². The summed E-state index contributed by atoms with van der Waals surface area (Å²) in [6, 6.07) is 6.65. The molecule has 1 fully saturated rings. The molecule has 1 aromatic rings. The summed E-state index contributed by atoms with van der Waals surface area (Å²) in [5.41, 5.74) is 0.703. The molecule has 1 aliphatic heterocycles. The van der Waals surface area contributed by atoms with Gasteiger partial charge in [-0.2, -0.15) is 0 Å². The second kappa shape index (κ2) is 10.2. The first-order chi connectivity index (χ1) is 13.7. The van der Waals surface area contributed by atoms with Gasteiger partial charge in [0, 0.05) is 26.7 Å². The number of hydrogen-bond acceptors (Lipinski definition) is 9. The molecule has 1 N–H and O–H groups in total. The molecule has 0 bridgehead atoms. The monoisotopic (exact) mass is 410 g/mol. The third kappa shape index (κ3) is 6.43. The Balaban J connectivity index is 2.27. The molecule has 9 heteroatoms. The Kier molecular flexibility index (Phi) is 7.98. The van der Waals surface area contributed by atoms with Gasteiger partial charge in [-0.25, -0.2) is 0 Å². The standard InChI is InChI=1S/C20H26O9/c1-11-18(26-13(3)23)17(10-25-12(2)22)29-20(19(11)27-14(4)24)28-16-7-5-15(9-21)6-8-16/h5-8,11,17-21H,9-10H2,1-4H3/t11-,17?,18+,19?,20+/m0/s1. The number of rotatable bonds is 7. The average Bonchev–Trinajstić information content (AvgIpc) is 2.65. The fraction of sp³-hybridized carbons (Fsp3) is 0.550. The number of esters is 3. The molecule has 0 aliphatic carbocycles. The molecule has 2 unspecified atom stereocenters. The molecule has 1 saturated heterocycles. The Morgan fingerprint density at radius 1 is 0.966 bits per heavy atom. The van der Waals surface area contributed by atoms with E-state index in [4.69, 9.17) is 28.8 Å². The van der Waals surface area contributed by atoms with E-state index in [0.717, 1.165) is 0 Å². The van der Waals surface area contributed by atoms with Gasteiger partial charge in [0.15, 0.2) is 6.10 Å². The minimum absolute atomic E-state index is 0.109. The fourth-order valence-electron chi connectivity index (χ4n) is 3.07. The fourth-order valence-corrected chi connectivity index (χ4v) is 3.07. The highest BCUT2D eigenvalue weighted by Crippen LogP contribution is 2.32. The van der Waals surface area contributed by atoms with Gasteiger partial charge in [0.2, 0.25) is 6.29 Å². The highest BCUT2D eigenvalue weighted by Gasteiger charge is 2.49. The van der Waals surface area contributed by atoms with Crippen LogP contribution >= 0.6 is 0 Å². The zero-order valence-corrected chi connectivity index (χ0v) is 16.8. The SMILES string of the molecule is CC(=O)OCC1O[C@@H](Oc2ccc(CO)cc2)C(OC(C)=O)[C@@H](C)[C@H]1OC(C)=O. The molecule has 0 amide bonds. The van der Waals surface area contributed by atoms with Crippen molar-refractivity contribution in [2.24, 2.45) is 5.92 Å². The molecule has 5 atom stereocenters. The van der Waals surface area contributed by atoms with Crippen molar-refractivity contribution in [2.75, 3.05) is 6.61 Å². The van der Waals surface area contributed by atoms with Crippen molar-refractivity contribution in [1.82, 2.24) is 0 Å². The van der Waals surface area contributed by atoms with Crippen LogP contribution in [0.2, 0.25) is 0 Å². The van der Waals surface area contributed by atoms with Crippen LogP contribution in [-0.2, 0) is 39.9 Å². The smallest absolute Gasteiger partial charge is 0.303 e. The van der Waals surface area contributed by atoms with E-state index in [2.05, 4.69) is 0 Å². The van der Waals surface area contributed by atoms with Gasteiger partial charge >= 0.3 is 17.9 Å². The number of aliphatic hydroxyl groups is 1. The second-order valence-electron chi connectivity index (χ2n) is 6.77. The molecular weight excluding hydrogens is 384 g/mol. The van der Waals surface area contributed by atoms with Crippen LogP contribution in [0, 0.1) is 5.92 Å². The first-order valence-electron chi connectivity index (χ1n) is 9.21. The maximum absolute atomic E-state index is 11.6. The van der Waals surface area contributed by atoms with Gasteiger partial charge in [0.1, 0.15) is 24.6 Å². The highest BCUT2D eigenvalue weighted by atomic mass is 16.7. The number of benzene rings is 1. The summed E-state index contributed by atoms with van der Waals surface area (Å²) >= 11 is 0. The Morgan fingerprint density at radius 2 is 1.55 bits per heavy atom. The first-order valence-corrected chi connectivity index (χ1v) is 9.21. The predicted octanol–water partition coefficient (Wildman–Crippen LogP) is 1.35. The maximum Gasteiger partial charge on any atom is 0.303 e. The van der Waals surface area contributed by atoms with E-state index in [9.17, 15) is 14.4 Å². The summed E-state index contributed by atoms with van der Waals surface area (Å²) in [6.45, 7) is 5.23. The van der Waals surface area contributed by atoms with Gasteiger partial charge in [-0.1, -0.05) is 19.1 Å². The van der Waals surface area contributed by atoms with Crippen molar-refractivity contribution >= 4 is 17.9 Å². The number of carbonyl (C=O) groups excluding carboxylic acids is 3. The molecule has 0 spiro atoms. The molecule has 0 saturated carbocycles. The van der Waals surface area contributed by atoms with Crippen molar-refractivity contribution in [2.45, 2.75) is 58.9 Å². The van der Waals surface area contributed by atoms with Gasteiger partial charge in [-0.15, -0.1) is 0 Å². The van der Waals surface area contributed by atoms with E-state index < -0.39 is 48.4 Å². The lowest BCUT2D eigenvalue weighted by atomic mass is 9.90. The van der Waals surface area contributed by atoms with E-state index in [0.29, 0.717) is 11.3 Å². The lowest BCUT2D eigenvalue weighted by Crippen LogP contribution is -2.58. The van der Waals surface area contributed by atoms with Crippen LogP contribution in [-0.4, -0.2) is 54.2 Å². The van der Waals surface area contributed by atoms with Gasteiger partial charge in [0.25, 0.3) is 0 Å². The highest BCUT2D eigenvalue weighted by molar-refractivity contribution is 5.67. The van der Waals surface area contributed by atoms with Crippen LogP contribution < -0.4 is 4.74 Å². The Labute approximate surface area is 168 Å². The maximum atomic E-state index is 11.6. The van der Waals surface area contributed by atoms with Crippen molar-refractivity contribution in [1.29, 1.82) is 0 Å². The number of carbonyl (C=O) groups is 3. The van der Waals surface area contributed by atoms with Crippen molar-refractivity contribution < 1.29 is 43.2 Å². The molecule has 0 aromatic heterocycles. The van der Waals surface area contributed by atoms with E-state index in [1.165, 1.54) is 20.8 Å². The zero-order valence-electron chi connectivity index (χ0n) is 16.8. The molecule has 2 rings (SSSR count). The number of aliphatic hydroxyl groups excluding tert-OH is 1. The van der Waals surface area contributed by atoms with Gasteiger partial charge in [-0.3, -0.25) is 14.4 Å². The third-order valence-electron chi connectivity index (χ3n) is 4.39. The topological polar surface area (TPSA) is 118 Å². The van der Waals surface area contributed by atoms with E-state index >= 15 is 0 Å². The Bertz CT molecular complexity index is 713. The number of hydrogen-bond donors (Lipinski definition) is 1. The summed E-state index contributed by atoms with van der Waals surface area (Å²) in [4.78, 5) is 34.4. The predicted molar refractivity (Wildman–Crippen MR) is 98.6 cm³/mol. The van der Waals surface area contributed by atoms with E-state index in [-0.39, 0.29) is 13.2 Å². The molecule has 160 valence electrons. The minimum Gasteiger partial charge on any atom is -0.463 e. The van der Waals surface area contributed by atoms with Gasteiger partial charge in [-0.05, 0) is 17.7 Å². The van der Waals surface area contributed by atoms with Crippen LogP contribution in [0.3, 0.4) is 0 Å². The Hall–Kier alpha value is -2.65. The Morgan fingerprint density at radius 3 is 2.07 bits per heavy atom. The summed E-state index contributed by atoms with van der Waals surface area (Å²) < 4.78 is 27.5. The normalized spacial score (nSPS) is 26.3.